The predicted octanol–water partition coefficient (Wildman–Crippen LogP) is 5.42. The summed E-state index contributed by atoms with van der Waals surface area (Å²) in [5.74, 6) is 0.920. The van der Waals surface area contributed by atoms with Crippen molar-refractivity contribution in [2.75, 3.05) is 0 Å². The van der Waals surface area contributed by atoms with Gasteiger partial charge in [0.2, 0.25) is 0 Å². The first-order chi connectivity index (χ1) is 12.2. The van der Waals surface area contributed by atoms with Crippen LogP contribution in [-0.4, -0.2) is 0 Å². The van der Waals surface area contributed by atoms with Gasteiger partial charge >= 0.3 is 0 Å². The molecule has 0 atom stereocenters. The van der Waals surface area contributed by atoms with Gasteiger partial charge in [-0.15, -0.1) is 0 Å². The second kappa shape index (κ2) is 8.14. The Kier molecular flexibility index (Phi) is 5.68. The van der Waals surface area contributed by atoms with Crippen molar-refractivity contribution in [3.05, 3.63) is 88.1 Å². The summed E-state index contributed by atoms with van der Waals surface area (Å²) < 4.78 is 25.9. The summed E-state index contributed by atoms with van der Waals surface area (Å²) in [5.41, 5.74) is 7.34. The van der Waals surface area contributed by atoms with Crippen molar-refractivity contribution in [3.8, 4) is 17.2 Å². The Balaban J connectivity index is 1.66. The van der Waals surface area contributed by atoms with Crippen molar-refractivity contribution in [2.45, 2.75) is 13.2 Å². The van der Waals surface area contributed by atoms with Crippen LogP contribution in [0.3, 0.4) is 0 Å². The Hall–Kier alpha value is -2.37. The average molecular weight is 402 g/mol. The molecule has 3 aromatic rings. The van der Waals surface area contributed by atoms with E-state index in [9.17, 15) is 4.39 Å². The Labute approximate surface area is 154 Å². The molecule has 0 aliphatic rings. The van der Waals surface area contributed by atoms with E-state index in [-0.39, 0.29) is 12.3 Å². The molecule has 0 heterocycles. The van der Waals surface area contributed by atoms with Gasteiger partial charge in [0.15, 0.2) is 11.6 Å². The lowest BCUT2D eigenvalue weighted by molar-refractivity contribution is 0.305. The van der Waals surface area contributed by atoms with Gasteiger partial charge in [-0.05, 0) is 57.4 Å². The third kappa shape index (κ3) is 4.38. The quantitative estimate of drug-likeness (QED) is 0.599. The first-order valence-corrected chi connectivity index (χ1v) is 8.58. The van der Waals surface area contributed by atoms with Gasteiger partial charge in [0, 0.05) is 6.54 Å². The number of ether oxygens (including phenoxy) is 2. The van der Waals surface area contributed by atoms with Gasteiger partial charge in [-0.2, -0.15) is 0 Å². The lowest BCUT2D eigenvalue weighted by atomic mass is 10.2. The van der Waals surface area contributed by atoms with Crippen LogP contribution in [0.1, 0.15) is 11.1 Å². The minimum atomic E-state index is -0.465. The zero-order valence-electron chi connectivity index (χ0n) is 13.4. The summed E-state index contributed by atoms with van der Waals surface area (Å²) in [4.78, 5) is 0. The molecule has 0 fully saturated rings. The maximum atomic E-state index is 14.3. The van der Waals surface area contributed by atoms with Gasteiger partial charge in [0.1, 0.15) is 18.1 Å². The van der Waals surface area contributed by atoms with E-state index in [2.05, 4.69) is 15.9 Å². The number of benzene rings is 3. The highest BCUT2D eigenvalue weighted by Gasteiger charge is 2.12. The van der Waals surface area contributed by atoms with Crippen LogP contribution >= 0.6 is 15.9 Å². The fourth-order valence-corrected chi connectivity index (χ4v) is 2.77. The van der Waals surface area contributed by atoms with E-state index in [1.54, 1.807) is 36.4 Å². The van der Waals surface area contributed by atoms with E-state index in [0.29, 0.717) is 22.4 Å². The Morgan fingerprint density at radius 3 is 2.24 bits per heavy atom. The van der Waals surface area contributed by atoms with E-state index in [0.717, 1.165) is 11.3 Å². The maximum Gasteiger partial charge on any atom is 0.180 e. The summed E-state index contributed by atoms with van der Waals surface area (Å²) in [6.45, 7) is 0.744. The standard InChI is InChI=1S/C20H17BrFNO2/c21-19-15(12-23)6-11-18(20(19)22)25-17-9-7-16(8-10-17)24-13-14-4-2-1-3-5-14/h1-11H,12-13,23H2. The molecule has 0 saturated carbocycles. The van der Waals surface area contributed by atoms with E-state index in [1.807, 2.05) is 30.3 Å². The van der Waals surface area contributed by atoms with E-state index in [1.165, 1.54) is 0 Å². The Bertz CT molecular complexity index is 838. The van der Waals surface area contributed by atoms with Gasteiger partial charge in [-0.3, -0.25) is 0 Å². The Morgan fingerprint density at radius 1 is 0.880 bits per heavy atom. The van der Waals surface area contributed by atoms with Crippen LogP contribution in [0.25, 0.3) is 0 Å². The van der Waals surface area contributed by atoms with Crippen LogP contribution in [0.2, 0.25) is 0 Å². The lowest BCUT2D eigenvalue weighted by Gasteiger charge is -2.11. The first-order valence-electron chi connectivity index (χ1n) is 7.79. The van der Waals surface area contributed by atoms with E-state index in [4.69, 9.17) is 15.2 Å². The smallest absolute Gasteiger partial charge is 0.180 e. The predicted molar refractivity (Wildman–Crippen MR) is 99.3 cm³/mol. The number of hydrogen-bond acceptors (Lipinski definition) is 3. The largest absolute Gasteiger partial charge is 0.489 e. The van der Waals surface area contributed by atoms with Crippen LogP contribution in [0.5, 0.6) is 17.2 Å². The van der Waals surface area contributed by atoms with Crippen molar-refractivity contribution in [3.63, 3.8) is 0 Å². The van der Waals surface area contributed by atoms with Crippen molar-refractivity contribution in [1.29, 1.82) is 0 Å². The Morgan fingerprint density at radius 2 is 1.56 bits per heavy atom. The zero-order valence-corrected chi connectivity index (χ0v) is 15.0. The van der Waals surface area contributed by atoms with Crippen molar-refractivity contribution in [1.82, 2.24) is 0 Å². The molecule has 0 unspecified atom stereocenters. The van der Waals surface area contributed by atoms with Crippen LogP contribution in [0.4, 0.5) is 4.39 Å². The molecule has 2 N–H and O–H groups in total. The van der Waals surface area contributed by atoms with Gasteiger partial charge in [0.05, 0.1) is 4.47 Å². The van der Waals surface area contributed by atoms with Gasteiger partial charge in [-0.1, -0.05) is 36.4 Å². The highest BCUT2D eigenvalue weighted by molar-refractivity contribution is 9.10. The molecular formula is C20H17BrFNO2. The molecule has 0 amide bonds. The molecule has 3 rings (SSSR count). The third-order valence-corrected chi connectivity index (χ3v) is 4.50. The monoisotopic (exact) mass is 401 g/mol. The summed E-state index contributed by atoms with van der Waals surface area (Å²) >= 11 is 3.20. The molecule has 25 heavy (non-hydrogen) atoms. The highest BCUT2D eigenvalue weighted by Crippen LogP contribution is 2.32. The zero-order chi connectivity index (χ0) is 17.6. The molecule has 128 valence electrons. The van der Waals surface area contributed by atoms with Crippen molar-refractivity contribution < 1.29 is 13.9 Å². The number of halogens is 2. The molecule has 3 aromatic carbocycles. The summed E-state index contributed by atoms with van der Waals surface area (Å²) in [7, 11) is 0. The molecule has 0 aliphatic carbocycles. The normalized spacial score (nSPS) is 10.5. The van der Waals surface area contributed by atoms with Gasteiger partial charge in [0.25, 0.3) is 0 Å². The second-order valence-corrected chi connectivity index (χ2v) is 6.20. The third-order valence-electron chi connectivity index (χ3n) is 3.65. The molecule has 0 spiro atoms. The molecule has 0 saturated heterocycles. The molecule has 0 bridgehead atoms. The molecule has 3 nitrogen and oxygen atoms in total. The summed E-state index contributed by atoms with van der Waals surface area (Å²) in [6, 6.07) is 20.3. The van der Waals surface area contributed by atoms with Crippen LogP contribution in [0, 0.1) is 5.82 Å². The molecule has 0 radical (unpaired) electrons. The SMILES string of the molecule is NCc1ccc(Oc2ccc(OCc3ccccc3)cc2)c(F)c1Br. The molecule has 0 aliphatic heterocycles. The lowest BCUT2D eigenvalue weighted by Crippen LogP contribution is -2.00. The molecule has 5 heteroatoms. The van der Waals surface area contributed by atoms with E-state index < -0.39 is 5.82 Å². The van der Waals surface area contributed by atoms with Crippen LogP contribution in [0.15, 0.2) is 71.2 Å². The summed E-state index contributed by atoms with van der Waals surface area (Å²) in [5, 5.41) is 0. The van der Waals surface area contributed by atoms with Crippen LogP contribution < -0.4 is 15.2 Å². The molecule has 0 aromatic heterocycles. The molecular weight excluding hydrogens is 385 g/mol. The highest BCUT2D eigenvalue weighted by atomic mass is 79.9. The van der Waals surface area contributed by atoms with Crippen molar-refractivity contribution in [2.24, 2.45) is 5.73 Å². The number of hydrogen-bond donors (Lipinski definition) is 1. The topological polar surface area (TPSA) is 44.5 Å². The number of nitrogens with two attached hydrogens (primary N) is 1. The van der Waals surface area contributed by atoms with Gasteiger partial charge in [-0.25, -0.2) is 4.39 Å². The first kappa shape index (κ1) is 17.5. The fraction of sp³-hybridized carbons (Fsp3) is 0.100. The van der Waals surface area contributed by atoms with Crippen LogP contribution in [-0.2, 0) is 13.2 Å². The van der Waals surface area contributed by atoms with Crippen molar-refractivity contribution >= 4 is 15.9 Å². The maximum absolute atomic E-state index is 14.3. The minimum Gasteiger partial charge on any atom is -0.489 e. The average Bonchev–Trinajstić information content (AvgIpc) is 2.66. The van der Waals surface area contributed by atoms with Gasteiger partial charge < -0.3 is 15.2 Å². The fourth-order valence-electron chi connectivity index (χ4n) is 2.28. The second-order valence-electron chi connectivity index (χ2n) is 5.40. The summed E-state index contributed by atoms with van der Waals surface area (Å²) in [6.07, 6.45) is 0. The number of rotatable bonds is 6. The van der Waals surface area contributed by atoms with E-state index >= 15 is 0 Å². The minimum absolute atomic E-state index is 0.141.